The molecule has 0 aromatic carbocycles. The van der Waals surface area contributed by atoms with Crippen molar-refractivity contribution in [2.24, 2.45) is 7.05 Å². The lowest BCUT2D eigenvalue weighted by Gasteiger charge is -2.32. The van der Waals surface area contributed by atoms with Crippen molar-refractivity contribution in [2.75, 3.05) is 25.5 Å². The second-order valence-electron chi connectivity index (χ2n) is 5.52. The Balaban J connectivity index is 1.49. The largest absolute Gasteiger partial charge is 0.481 e. The molecule has 1 aliphatic heterocycles. The van der Waals surface area contributed by atoms with Gasteiger partial charge in [-0.2, -0.15) is 0 Å². The second-order valence-corrected chi connectivity index (χ2v) is 5.52. The van der Waals surface area contributed by atoms with Gasteiger partial charge in [0.1, 0.15) is 12.1 Å². The summed E-state index contributed by atoms with van der Waals surface area (Å²) in [4.78, 5) is 10.7. The number of ether oxygens (including phenoxy) is 1. The summed E-state index contributed by atoms with van der Waals surface area (Å²) in [6.45, 7) is 2.94. The number of nitrogens with one attached hydrogen (secondary N) is 1. The average Bonchev–Trinajstić information content (AvgIpc) is 2.94. The number of rotatable bonds is 5. The van der Waals surface area contributed by atoms with Crippen molar-refractivity contribution in [1.29, 1.82) is 0 Å². The Hall–Kier alpha value is -2.22. The maximum absolute atomic E-state index is 5.12. The normalized spacial score (nSPS) is 16.6. The number of anilines is 1. The molecule has 0 radical (unpaired) electrons. The maximum Gasteiger partial charge on any atom is 0.218 e. The molecular formula is C14H21N7O. The number of piperidine rings is 1. The van der Waals surface area contributed by atoms with Crippen LogP contribution in [-0.4, -0.2) is 56.1 Å². The number of hydrogen-bond donors (Lipinski definition) is 1. The maximum atomic E-state index is 5.12. The standard InChI is InChI=1S/C14H21N7O/c1-20-8-12(18-19-20)9-21-5-3-11(4-6-21)17-13-7-14(22-2)16-10-15-13/h7-8,10-11H,3-6,9H2,1-2H3,(H,15,16,17). The molecule has 8 nitrogen and oxygen atoms in total. The molecule has 1 fully saturated rings. The van der Waals surface area contributed by atoms with Crippen LogP contribution in [0.2, 0.25) is 0 Å². The van der Waals surface area contributed by atoms with Gasteiger partial charge in [-0.3, -0.25) is 9.58 Å². The molecule has 0 saturated carbocycles. The molecule has 8 heteroatoms. The summed E-state index contributed by atoms with van der Waals surface area (Å²) in [7, 11) is 3.50. The van der Waals surface area contributed by atoms with Gasteiger partial charge in [0.05, 0.1) is 12.8 Å². The lowest BCUT2D eigenvalue weighted by Crippen LogP contribution is -2.38. The van der Waals surface area contributed by atoms with Crippen LogP contribution in [0.4, 0.5) is 5.82 Å². The summed E-state index contributed by atoms with van der Waals surface area (Å²) in [5, 5.41) is 11.6. The highest BCUT2D eigenvalue weighted by molar-refractivity contribution is 5.38. The summed E-state index contributed by atoms with van der Waals surface area (Å²) in [6.07, 6.45) is 5.64. The second kappa shape index (κ2) is 6.69. The highest BCUT2D eigenvalue weighted by Gasteiger charge is 2.20. The number of hydrogen-bond acceptors (Lipinski definition) is 7. The van der Waals surface area contributed by atoms with E-state index < -0.39 is 0 Å². The molecular weight excluding hydrogens is 282 g/mol. The Labute approximate surface area is 129 Å². The minimum absolute atomic E-state index is 0.428. The monoisotopic (exact) mass is 303 g/mol. The van der Waals surface area contributed by atoms with Crippen molar-refractivity contribution in [3.8, 4) is 5.88 Å². The number of nitrogens with zero attached hydrogens (tertiary/aromatic N) is 6. The van der Waals surface area contributed by atoms with Crippen LogP contribution in [0.15, 0.2) is 18.6 Å². The van der Waals surface area contributed by atoms with Crippen molar-refractivity contribution >= 4 is 5.82 Å². The van der Waals surface area contributed by atoms with E-state index >= 15 is 0 Å². The first-order valence-electron chi connectivity index (χ1n) is 7.43. The van der Waals surface area contributed by atoms with Crippen LogP contribution in [-0.2, 0) is 13.6 Å². The topological polar surface area (TPSA) is 81.0 Å². The third-order valence-corrected chi connectivity index (χ3v) is 3.83. The van der Waals surface area contributed by atoms with E-state index in [1.807, 2.05) is 19.3 Å². The SMILES string of the molecule is COc1cc(NC2CCN(Cc3cn(C)nn3)CC2)ncn1. The fourth-order valence-corrected chi connectivity index (χ4v) is 2.67. The zero-order valence-corrected chi connectivity index (χ0v) is 12.9. The smallest absolute Gasteiger partial charge is 0.218 e. The fourth-order valence-electron chi connectivity index (χ4n) is 2.67. The highest BCUT2D eigenvalue weighted by atomic mass is 16.5. The highest BCUT2D eigenvalue weighted by Crippen LogP contribution is 2.18. The van der Waals surface area contributed by atoms with Gasteiger partial charge in [-0.1, -0.05) is 5.21 Å². The summed E-state index contributed by atoms with van der Waals surface area (Å²) in [5.74, 6) is 1.40. The van der Waals surface area contributed by atoms with Crippen molar-refractivity contribution in [3.05, 3.63) is 24.3 Å². The molecule has 0 unspecified atom stereocenters. The molecule has 1 saturated heterocycles. The lowest BCUT2D eigenvalue weighted by molar-refractivity contribution is 0.209. The molecule has 0 aliphatic carbocycles. The molecule has 0 atom stereocenters. The number of likely N-dealkylation sites (tertiary alicyclic amines) is 1. The van der Waals surface area contributed by atoms with Gasteiger partial charge in [0.15, 0.2) is 0 Å². The Morgan fingerprint density at radius 3 is 2.82 bits per heavy atom. The van der Waals surface area contributed by atoms with E-state index in [9.17, 15) is 0 Å². The third kappa shape index (κ3) is 3.70. The van der Waals surface area contributed by atoms with Crippen molar-refractivity contribution in [3.63, 3.8) is 0 Å². The van der Waals surface area contributed by atoms with Crippen LogP contribution >= 0.6 is 0 Å². The summed E-state index contributed by atoms with van der Waals surface area (Å²) in [5.41, 5.74) is 1.02. The molecule has 3 rings (SSSR count). The molecule has 0 amide bonds. The summed E-state index contributed by atoms with van der Waals surface area (Å²) < 4.78 is 6.86. The van der Waals surface area contributed by atoms with Gasteiger partial charge >= 0.3 is 0 Å². The predicted molar refractivity (Wildman–Crippen MR) is 81.5 cm³/mol. The van der Waals surface area contributed by atoms with Crippen LogP contribution in [0.3, 0.4) is 0 Å². The Morgan fingerprint density at radius 1 is 1.32 bits per heavy atom. The zero-order valence-electron chi connectivity index (χ0n) is 12.9. The zero-order chi connectivity index (χ0) is 15.4. The fraction of sp³-hybridized carbons (Fsp3) is 0.571. The van der Waals surface area contributed by atoms with Gasteiger partial charge in [-0.05, 0) is 12.8 Å². The van der Waals surface area contributed by atoms with Crippen LogP contribution in [0.25, 0.3) is 0 Å². The molecule has 1 N–H and O–H groups in total. The molecule has 0 spiro atoms. The molecule has 1 aliphatic rings. The van der Waals surface area contributed by atoms with Crippen LogP contribution in [0.5, 0.6) is 5.88 Å². The first-order valence-corrected chi connectivity index (χ1v) is 7.43. The molecule has 0 bridgehead atoms. The summed E-state index contributed by atoms with van der Waals surface area (Å²) >= 11 is 0. The van der Waals surface area contributed by atoms with E-state index in [2.05, 4.69) is 30.5 Å². The minimum Gasteiger partial charge on any atom is -0.481 e. The Bertz CT molecular complexity index is 607. The van der Waals surface area contributed by atoms with Crippen LogP contribution in [0.1, 0.15) is 18.5 Å². The van der Waals surface area contributed by atoms with E-state index in [1.165, 1.54) is 6.33 Å². The van der Waals surface area contributed by atoms with E-state index in [-0.39, 0.29) is 0 Å². The van der Waals surface area contributed by atoms with E-state index in [1.54, 1.807) is 11.8 Å². The van der Waals surface area contributed by atoms with Crippen molar-refractivity contribution < 1.29 is 4.74 Å². The Morgan fingerprint density at radius 2 is 2.14 bits per heavy atom. The number of aromatic nitrogens is 5. The van der Waals surface area contributed by atoms with Gasteiger partial charge in [0, 0.05) is 45.0 Å². The summed E-state index contributed by atoms with van der Waals surface area (Å²) in [6, 6.07) is 2.25. The average molecular weight is 303 g/mol. The van der Waals surface area contributed by atoms with Gasteiger partial charge in [-0.15, -0.1) is 5.10 Å². The van der Waals surface area contributed by atoms with Gasteiger partial charge in [0.2, 0.25) is 5.88 Å². The third-order valence-electron chi connectivity index (χ3n) is 3.83. The molecule has 3 heterocycles. The molecule has 22 heavy (non-hydrogen) atoms. The van der Waals surface area contributed by atoms with Crippen molar-refractivity contribution in [1.82, 2.24) is 29.9 Å². The van der Waals surface area contributed by atoms with Gasteiger partial charge < -0.3 is 10.1 Å². The number of aryl methyl sites for hydroxylation is 1. The van der Waals surface area contributed by atoms with Gasteiger partial charge in [0.25, 0.3) is 0 Å². The quantitative estimate of drug-likeness (QED) is 0.870. The lowest BCUT2D eigenvalue weighted by atomic mass is 10.0. The minimum atomic E-state index is 0.428. The molecule has 118 valence electrons. The number of methoxy groups -OCH3 is 1. The Kier molecular flexibility index (Phi) is 4.47. The van der Waals surface area contributed by atoms with E-state index in [0.29, 0.717) is 11.9 Å². The predicted octanol–water partition coefficient (Wildman–Crippen LogP) is 0.690. The van der Waals surface area contributed by atoms with Crippen LogP contribution in [0, 0.1) is 0 Å². The van der Waals surface area contributed by atoms with Crippen LogP contribution < -0.4 is 10.1 Å². The van der Waals surface area contributed by atoms with Gasteiger partial charge in [-0.25, -0.2) is 9.97 Å². The first kappa shape index (κ1) is 14.7. The first-order chi connectivity index (χ1) is 10.7. The van der Waals surface area contributed by atoms with Crippen molar-refractivity contribution in [2.45, 2.75) is 25.4 Å². The van der Waals surface area contributed by atoms with E-state index in [0.717, 1.165) is 44.0 Å². The molecule has 2 aromatic heterocycles. The molecule has 2 aromatic rings. The van der Waals surface area contributed by atoms with E-state index in [4.69, 9.17) is 4.74 Å².